The molecule has 2 heterocycles. The van der Waals surface area contributed by atoms with E-state index in [-0.39, 0.29) is 12.3 Å². The van der Waals surface area contributed by atoms with Gasteiger partial charge in [0, 0.05) is 31.6 Å². The molecule has 0 saturated carbocycles. The zero-order valence-corrected chi connectivity index (χ0v) is 19.8. The average molecular weight is 470 g/mol. The van der Waals surface area contributed by atoms with E-state index >= 15 is 0 Å². The zero-order chi connectivity index (χ0) is 24.7. The van der Waals surface area contributed by atoms with Crippen LogP contribution in [-0.2, 0) is 29.0 Å². The maximum Gasteiger partial charge on any atom is 0.338 e. The van der Waals surface area contributed by atoms with Gasteiger partial charge in [0.05, 0.1) is 12.2 Å². The van der Waals surface area contributed by atoms with E-state index in [1.165, 1.54) is 4.57 Å². The highest BCUT2D eigenvalue weighted by molar-refractivity contribution is 5.93. The van der Waals surface area contributed by atoms with Crippen molar-refractivity contribution in [3.8, 4) is 0 Å². The van der Waals surface area contributed by atoms with E-state index in [1.54, 1.807) is 31.2 Å². The van der Waals surface area contributed by atoms with Crippen molar-refractivity contribution in [3.63, 3.8) is 0 Å². The normalized spacial score (nSPS) is 11.0. The van der Waals surface area contributed by atoms with Crippen LogP contribution in [0.15, 0.2) is 33.9 Å². The Kier molecular flexibility index (Phi) is 8.39. The lowest BCUT2D eigenvalue weighted by Crippen LogP contribution is -2.31. The second kappa shape index (κ2) is 11.4. The van der Waals surface area contributed by atoms with E-state index in [0.29, 0.717) is 54.4 Å². The van der Waals surface area contributed by atoms with Crippen LogP contribution in [0, 0.1) is 0 Å². The van der Waals surface area contributed by atoms with Crippen LogP contribution < -0.4 is 16.6 Å². The lowest BCUT2D eigenvalue weighted by molar-refractivity contribution is -0.116. The lowest BCUT2D eigenvalue weighted by atomic mass is 10.2. The molecule has 1 aromatic carbocycles. The van der Waals surface area contributed by atoms with Gasteiger partial charge in [0.15, 0.2) is 11.2 Å². The molecule has 1 amide bonds. The predicted molar refractivity (Wildman–Crippen MR) is 129 cm³/mol. The number of aromatic amines is 1. The molecule has 182 valence electrons. The van der Waals surface area contributed by atoms with Crippen LogP contribution in [0.5, 0.6) is 0 Å². The minimum Gasteiger partial charge on any atom is -0.462 e. The van der Waals surface area contributed by atoms with Crippen molar-refractivity contribution in [2.75, 3.05) is 11.9 Å². The number of carbonyl (C=O) groups excluding carboxylic acids is 2. The standard InChI is InChI=1S/C24H31N5O5/c1-4-7-15-28-18(26-21-20(28)22(31)27-24(33)29(21)14-5-2)12-13-19(30)25-17-10-8-16(9-11-17)23(32)34-6-3/h8-11H,4-7,12-15H2,1-3H3,(H,25,30)(H,27,31,33). The van der Waals surface area contributed by atoms with Gasteiger partial charge in [-0.1, -0.05) is 20.3 Å². The summed E-state index contributed by atoms with van der Waals surface area (Å²) in [6.07, 6.45) is 2.93. The first kappa shape index (κ1) is 24.9. The molecule has 0 fully saturated rings. The number of nitrogens with zero attached hydrogens (tertiary/aromatic N) is 3. The molecular formula is C24H31N5O5. The minimum absolute atomic E-state index is 0.144. The van der Waals surface area contributed by atoms with Gasteiger partial charge in [0.2, 0.25) is 5.91 Å². The van der Waals surface area contributed by atoms with Crippen molar-refractivity contribution in [3.05, 3.63) is 56.5 Å². The van der Waals surface area contributed by atoms with Crippen molar-refractivity contribution in [2.45, 2.75) is 66.0 Å². The highest BCUT2D eigenvalue weighted by atomic mass is 16.5. The molecule has 0 radical (unpaired) electrons. The van der Waals surface area contributed by atoms with Gasteiger partial charge in [0.25, 0.3) is 5.56 Å². The fourth-order valence-corrected chi connectivity index (χ4v) is 3.75. The van der Waals surface area contributed by atoms with Crippen LogP contribution in [0.4, 0.5) is 5.69 Å². The largest absolute Gasteiger partial charge is 0.462 e. The number of H-pyrrole nitrogens is 1. The van der Waals surface area contributed by atoms with Crippen LogP contribution in [0.1, 0.15) is 62.6 Å². The van der Waals surface area contributed by atoms with Gasteiger partial charge < -0.3 is 14.6 Å². The first-order chi connectivity index (χ1) is 16.4. The van der Waals surface area contributed by atoms with E-state index < -0.39 is 17.2 Å². The number of ether oxygens (including phenoxy) is 1. The number of benzene rings is 1. The fraction of sp³-hybridized carbons (Fsp3) is 0.458. The number of rotatable bonds is 11. The fourth-order valence-electron chi connectivity index (χ4n) is 3.75. The molecule has 10 nitrogen and oxygen atoms in total. The first-order valence-corrected chi connectivity index (χ1v) is 11.7. The number of amides is 1. The van der Waals surface area contributed by atoms with Crippen molar-refractivity contribution in [1.29, 1.82) is 0 Å². The topological polar surface area (TPSA) is 128 Å². The molecule has 0 bridgehead atoms. The number of nitrogens with one attached hydrogen (secondary N) is 2. The van der Waals surface area contributed by atoms with Gasteiger partial charge in [-0.25, -0.2) is 14.6 Å². The first-order valence-electron chi connectivity index (χ1n) is 11.7. The number of imidazole rings is 1. The molecule has 0 atom stereocenters. The van der Waals surface area contributed by atoms with E-state index in [9.17, 15) is 19.2 Å². The van der Waals surface area contributed by atoms with Gasteiger partial charge in [-0.3, -0.25) is 19.1 Å². The molecule has 0 spiro atoms. The Balaban J connectivity index is 1.79. The van der Waals surface area contributed by atoms with E-state index in [1.807, 2.05) is 11.5 Å². The van der Waals surface area contributed by atoms with E-state index in [4.69, 9.17) is 4.74 Å². The SMILES string of the molecule is CCCCn1c(CCC(=O)Nc2ccc(C(=O)OCC)cc2)nc2c1c(=O)[nH]c(=O)n2CCC. The number of esters is 1. The molecule has 0 saturated heterocycles. The highest BCUT2D eigenvalue weighted by Crippen LogP contribution is 2.16. The van der Waals surface area contributed by atoms with E-state index in [0.717, 1.165) is 19.3 Å². The smallest absolute Gasteiger partial charge is 0.338 e. The molecule has 2 N–H and O–H groups in total. The summed E-state index contributed by atoms with van der Waals surface area (Å²) < 4.78 is 8.26. The highest BCUT2D eigenvalue weighted by Gasteiger charge is 2.19. The molecule has 3 aromatic rings. The van der Waals surface area contributed by atoms with Crippen LogP contribution >= 0.6 is 0 Å². The minimum atomic E-state index is -0.477. The quantitative estimate of drug-likeness (QED) is 0.416. The maximum absolute atomic E-state index is 12.6. The van der Waals surface area contributed by atoms with Gasteiger partial charge in [-0.15, -0.1) is 0 Å². The number of fused-ring (bicyclic) bond motifs is 1. The average Bonchev–Trinajstić information content (AvgIpc) is 3.18. The van der Waals surface area contributed by atoms with Crippen molar-refractivity contribution >= 4 is 28.7 Å². The van der Waals surface area contributed by atoms with Gasteiger partial charge >= 0.3 is 11.7 Å². The molecule has 0 unspecified atom stereocenters. The van der Waals surface area contributed by atoms with Crippen LogP contribution in [0.2, 0.25) is 0 Å². The molecule has 3 rings (SSSR count). The lowest BCUT2D eigenvalue weighted by Gasteiger charge is -2.09. The summed E-state index contributed by atoms with van der Waals surface area (Å²) in [6.45, 7) is 7.05. The second-order valence-corrected chi connectivity index (χ2v) is 7.96. The number of anilines is 1. The van der Waals surface area contributed by atoms with Gasteiger partial charge in [-0.2, -0.15) is 0 Å². The Labute approximate surface area is 197 Å². The van der Waals surface area contributed by atoms with Crippen molar-refractivity contribution in [2.24, 2.45) is 0 Å². The van der Waals surface area contributed by atoms with Crippen molar-refractivity contribution in [1.82, 2.24) is 19.1 Å². The third kappa shape index (κ3) is 5.62. The Morgan fingerprint density at radius 2 is 1.76 bits per heavy atom. The number of aryl methyl sites for hydroxylation is 3. The second-order valence-electron chi connectivity index (χ2n) is 7.96. The van der Waals surface area contributed by atoms with Gasteiger partial charge in [-0.05, 0) is 44.0 Å². The predicted octanol–water partition coefficient (Wildman–Crippen LogP) is 2.84. The molecule has 0 aliphatic rings. The Morgan fingerprint density at radius 1 is 1.03 bits per heavy atom. The Morgan fingerprint density at radius 3 is 2.41 bits per heavy atom. The molecule has 0 aliphatic carbocycles. The molecule has 10 heteroatoms. The van der Waals surface area contributed by atoms with E-state index in [2.05, 4.69) is 22.2 Å². The monoisotopic (exact) mass is 469 g/mol. The third-order valence-corrected chi connectivity index (χ3v) is 5.40. The van der Waals surface area contributed by atoms with Crippen LogP contribution in [-0.4, -0.2) is 37.6 Å². The van der Waals surface area contributed by atoms with Crippen LogP contribution in [0.25, 0.3) is 11.2 Å². The summed E-state index contributed by atoms with van der Waals surface area (Å²) >= 11 is 0. The number of hydrogen-bond donors (Lipinski definition) is 2. The third-order valence-electron chi connectivity index (χ3n) is 5.40. The number of hydrogen-bond acceptors (Lipinski definition) is 6. The Bertz CT molecular complexity index is 1270. The molecule has 0 aliphatic heterocycles. The summed E-state index contributed by atoms with van der Waals surface area (Å²) in [5.41, 5.74) is 0.755. The van der Waals surface area contributed by atoms with Gasteiger partial charge in [0.1, 0.15) is 5.82 Å². The van der Waals surface area contributed by atoms with Crippen molar-refractivity contribution < 1.29 is 14.3 Å². The number of carbonyl (C=O) groups is 2. The molecule has 2 aromatic heterocycles. The summed E-state index contributed by atoms with van der Waals surface area (Å²) in [5.74, 6) is -0.0436. The number of unbranched alkanes of at least 4 members (excludes halogenated alkanes) is 1. The van der Waals surface area contributed by atoms with Crippen LogP contribution in [0.3, 0.4) is 0 Å². The summed E-state index contributed by atoms with van der Waals surface area (Å²) in [7, 11) is 0. The summed E-state index contributed by atoms with van der Waals surface area (Å²) in [4.78, 5) is 56.3. The summed E-state index contributed by atoms with van der Waals surface area (Å²) in [5, 5.41) is 2.81. The zero-order valence-electron chi connectivity index (χ0n) is 19.8. The maximum atomic E-state index is 12.6. The molecular weight excluding hydrogens is 438 g/mol. The Hall–Kier alpha value is -3.69. The number of aromatic nitrogens is 4. The summed E-state index contributed by atoms with van der Waals surface area (Å²) in [6, 6.07) is 6.47. The molecule has 34 heavy (non-hydrogen) atoms.